The normalized spacial score (nSPS) is 12.6. The lowest BCUT2D eigenvalue weighted by molar-refractivity contribution is 0.596. The van der Waals surface area contributed by atoms with Gasteiger partial charge in [-0.3, -0.25) is 4.98 Å². The molecule has 0 fully saturated rings. The van der Waals surface area contributed by atoms with Crippen LogP contribution < -0.4 is 5.32 Å². The van der Waals surface area contributed by atoms with Gasteiger partial charge in [-0.2, -0.15) is 0 Å². The molecule has 1 heterocycles. The van der Waals surface area contributed by atoms with E-state index in [2.05, 4.69) is 77.3 Å². The van der Waals surface area contributed by atoms with E-state index in [1.54, 1.807) is 0 Å². The number of aromatic nitrogens is 1. The zero-order valence-electron chi connectivity index (χ0n) is 12.9. The molecule has 0 amide bonds. The molecule has 0 saturated heterocycles. The summed E-state index contributed by atoms with van der Waals surface area (Å²) in [5, 5.41) is 3.62. The van der Waals surface area contributed by atoms with E-state index >= 15 is 0 Å². The van der Waals surface area contributed by atoms with E-state index in [-0.39, 0.29) is 6.04 Å². The van der Waals surface area contributed by atoms with Crippen molar-refractivity contribution in [3.05, 3.63) is 63.9 Å². The molecule has 1 aromatic heterocycles. The highest BCUT2D eigenvalue weighted by Crippen LogP contribution is 2.25. The summed E-state index contributed by atoms with van der Waals surface area (Å²) in [5.41, 5.74) is 3.85. The van der Waals surface area contributed by atoms with Gasteiger partial charge in [-0.05, 0) is 57.6 Å². The van der Waals surface area contributed by atoms with E-state index < -0.39 is 0 Å². The molecule has 0 aliphatic carbocycles. The van der Waals surface area contributed by atoms with Crippen molar-refractivity contribution in [2.45, 2.75) is 39.2 Å². The van der Waals surface area contributed by atoms with Gasteiger partial charge in [0.2, 0.25) is 0 Å². The average Bonchev–Trinajstić information content (AvgIpc) is 2.48. The van der Waals surface area contributed by atoms with Gasteiger partial charge in [-0.15, -0.1) is 0 Å². The molecule has 0 aliphatic heterocycles. The first-order valence-corrected chi connectivity index (χ1v) is 8.34. The molecule has 1 aromatic carbocycles. The summed E-state index contributed by atoms with van der Waals surface area (Å²) in [7, 11) is 0. The van der Waals surface area contributed by atoms with Gasteiger partial charge in [0.25, 0.3) is 0 Å². The van der Waals surface area contributed by atoms with Crippen molar-refractivity contribution >= 4 is 15.9 Å². The highest BCUT2D eigenvalue weighted by atomic mass is 79.9. The van der Waals surface area contributed by atoms with E-state index in [0.29, 0.717) is 5.92 Å². The van der Waals surface area contributed by atoms with Gasteiger partial charge in [0, 0.05) is 16.9 Å². The molecule has 21 heavy (non-hydrogen) atoms. The fourth-order valence-electron chi connectivity index (χ4n) is 2.38. The highest BCUT2D eigenvalue weighted by molar-refractivity contribution is 9.10. The number of rotatable bonds is 6. The number of halogens is 1. The van der Waals surface area contributed by atoms with Crippen LogP contribution in [0.5, 0.6) is 0 Å². The van der Waals surface area contributed by atoms with Crippen LogP contribution in [-0.4, -0.2) is 11.5 Å². The van der Waals surface area contributed by atoms with Crippen molar-refractivity contribution in [2.24, 2.45) is 0 Å². The maximum atomic E-state index is 4.30. The SMILES string of the molecule is CCCNC(c1ccc(C(C)C)cc1)c1cncc(Br)c1. The molecule has 2 rings (SSSR count). The number of nitrogens with zero attached hydrogens (tertiary/aromatic N) is 1. The Morgan fingerprint density at radius 2 is 1.71 bits per heavy atom. The van der Waals surface area contributed by atoms with Gasteiger partial charge in [-0.25, -0.2) is 0 Å². The number of pyridine rings is 1. The van der Waals surface area contributed by atoms with Gasteiger partial charge >= 0.3 is 0 Å². The summed E-state index contributed by atoms with van der Waals surface area (Å²) < 4.78 is 1.02. The molecule has 0 radical (unpaired) electrons. The number of benzene rings is 1. The Bertz CT molecular complexity index is 564. The van der Waals surface area contributed by atoms with E-state index in [0.717, 1.165) is 17.4 Å². The Morgan fingerprint density at radius 1 is 1.05 bits per heavy atom. The van der Waals surface area contributed by atoms with Crippen LogP contribution in [0.3, 0.4) is 0 Å². The average molecular weight is 347 g/mol. The first kappa shape index (κ1) is 16.2. The smallest absolute Gasteiger partial charge is 0.0592 e. The third-order valence-corrected chi connectivity index (χ3v) is 4.03. The topological polar surface area (TPSA) is 24.9 Å². The third-order valence-electron chi connectivity index (χ3n) is 3.59. The summed E-state index contributed by atoms with van der Waals surface area (Å²) in [5.74, 6) is 0.564. The van der Waals surface area contributed by atoms with Gasteiger partial charge in [0.1, 0.15) is 0 Å². The molecular weight excluding hydrogens is 324 g/mol. The number of hydrogen-bond acceptors (Lipinski definition) is 2. The van der Waals surface area contributed by atoms with Crippen molar-refractivity contribution in [1.29, 1.82) is 0 Å². The second kappa shape index (κ2) is 7.71. The first-order valence-electron chi connectivity index (χ1n) is 7.55. The van der Waals surface area contributed by atoms with Gasteiger partial charge < -0.3 is 5.32 Å². The lowest BCUT2D eigenvalue weighted by atomic mass is 9.96. The lowest BCUT2D eigenvalue weighted by Gasteiger charge is -2.20. The van der Waals surface area contributed by atoms with Gasteiger partial charge in [-0.1, -0.05) is 45.0 Å². The summed E-state index contributed by atoms with van der Waals surface area (Å²) >= 11 is 3.51. The van der Waals surface area contributed by atoms with Crippen molar-refractivity contribution in [3.8, 4) is 0 Å². The van der Waals surface area contributed by atoms with Crippen LogP contribution in [0.1, 0.15) is 55.8 Å². The zero-order valence-corrected chi connectivity index (χ0v) is 14.5. The lowest BCUT2D eigenvalue weighted by Crippen LogP contribution is -2.23. The van der Waals surface area contributed by atoms with Crippen LogP contribution in [0.2, 0.25) is 0 Å². The van der Waals surface area contributed by atoms with Crippen molar-refractivity contribution in [2.75, 3.05) is 6.54 Å². The number of hydrogen-bond donors (Lipinski definition) is 1. The monoisotopic (exact) mass is 346 g/mol. The summed E-state index contributed by atoms with van der Waals surface area (Å²) in [6, 6.07) is 11.2. The molecule has 0 spiro atoms. The van der Waals surface area contributed by atoms with Crippen molar-refractivity contribution in [1.82, 2.24) is 10.3 Å². The largest absolute Gasteiger partial charge is 0.306 e. The summed E-state index contributed by atoms with van der Waals surface area (Å²) in [6.45, 7) is 7.62. The molecule has 0 aliphatic rings. The van der Waals surface area contributed by atoms with E-state index in [4.69, 9.17) is 0 Å². The Kier molecular flexibility index (Phi) is 5.95. The number of nitrogens with one attached hydrogen (secondary N) is 1. The third kappa shape index (κ3) is 4.39. The van der Waals surface area contributed by atoms with E-state index in [9.17, 15) is 0 Å². The predicted octanol–water partition coefficient (Wildman–Crippen LogP) is 5.06. The minimum Gasteiger partial charge on any atom is -0.306 e. The van der Waals surface area contributed by atoms with E-state index in [1.165, 1.54) is 16.7 Å². The van der Waals surface area contributed by atoms with Gasteiger partial charge in [0.15, 0.2) is 0 Å². The molecule has 0 saturated carbocycles. The molecule has 1 unspecified atom stereocenters. The van der Waals surface area contributed by atoms with Crippen LogP contribution in [-0.2, 0) is 0 Å². The standard InChI is InChI=1S/C18H23BrN2/c1-4-9-21-18(16-10-17(19)12-20-11-16)15-7-5-14(6-8-15)13(2)3/h5-8,10-13,18,21H,4,9H2,1-3H3. The fourth-order valence-corrected chi connectivity index (χ4v) is 2.76. The molecule has 1 N–H and O–H groups in total. The molecular formula is C18H23BrN2. The minimum atomic E-state index is 0.191. The van der Waals surface area contributed by atoms with Crippen molar-refractivity contribution in [3.63, 3.8) is 0 Å². The molecule has 2 aromatic rings. The minimum absolute atomic E-state index is 0.191. The highest BCUT2D eigenvalue weighted by Gasteiger charge is 2.14. The Morgan fingerprint density at radius 3 is 2.29 bits per heavy atom. The Hall–Kier alpha value is -1.19. The van der Waals surface area contributed by atoms with Crippen LogP contribution in [0, 0.1) is 0 Å². The second-order valence-electron chi connectivity index (χ2n) is 5.64. The molecule has 3 heteroatoms. The molecule has 0 bridgehead atoms. The first-order chi connectivity index (χ1) is 10.1. The maximum Gasteiger partial charge on any atom is 0.0592 e. The van der Waals surface area contributed by atoms with Crippen LogP contribution >= 0.6 is 15.9 Å². The molecule has 112 valence electrons. The van der Waals surface area contributed by atoms with Gasteiger partial charge in [0.05, 0.1) is 6.04 Å². The Labute approximate surface area is 136 Å². The maximum absolute atomic E-state index is 4.30. The zero-order chi connectivity index (χ0) is 15.2. The summed E-state index contributed by atoms with van der Waals surface area (Å²) in [4.78, 5) is 4.30. The Balaban J connectivity index is 2.31. The van der Waals surface area contributed by atoms with E-state index in [1.807, 2.05) is 12.4 Å². The molecule has 1 atom stereocenters. The van der Waals surface area contributed by atoms with Crippen LogP contribution in [0.25, 0.3) is 0 Å². The van der Waals surface area contributed by atoms with Crippen LogP contribution in [0.4, 0.5) is 0 Å². The quantitative estimate of drug-likeness (QED) is 0.790. The summed E-state index contributed by atoms with van der Waals surface area (Å²) in [6.07, 6.45) is 4.87. The second-order valence-corrected chi connectivity index (χ2v) is 6.56. The molecule has 2 nitrogen and oxygen atoms in total. The van der Waals surface area contributed by atoms with Crippen LogP contribution in [0.15, 0.2) is 47.2 Å². The van der Waals surface area contributed by atoms with Crippen molar-refractivity contribution < 1.29 is 0 Å². The predicted molar refractivity (Wildman–Crippen MR) is 92.6 cm³/mol. The fraction of sp³-hybridized carbons (Fsp3) is 0.389.